The van der Waals surface area contributed by atoms with E-state index in [9.17, 15) is 14.7 Å². The number of hydrogen-bond acceptors (Lipinski definition) is 6. The van der Waals surface area contributed by atoms with Gasteiger partial charge in [-0.05, 0) is 12.8 Å². The minimum Gasteiger partial charge on any atom is -0.396 e. The Morgan fingerprint density at radius 2 is 1.62 bits per heavy atom. The maximum absolute atomic E-state index is 11.0. The molecule has 16 heavy (non-hydrogen) atoms. The zero-order valence-electron chi connectivity index (χ0n) is 8.72. The van der Waals surface area contributed by atoms with Crippen LogP contribution in [0.4, 0.5) is 0 Å². The van der Waals surface area contributed by atoms with Gasteiger partial charge in [-0.25, -0.2) is 9.59 Å². The number of rotatable bonds is 5. The van der Waals surface area contributed by atoms with E-state index in [0.717, 1.165) is 12.2 Å². The highest BCUT2D eigenvalue weighted by Crippen LogP contribution is 2.21. The van der Waals surface area contributed by atoms with Crippen LogP contribution in [0.1, 0.15) is 25.7 Å². The lowest BCUT2D eigenvalue weighted by atomic mass is 10.2. The molecule has 0 amide bonds. The molecule has 0 bridgehead atoms. The van der Waals surface area contributed by atoms with Gasteiger partial charge in [0.1, 0.15) is 0 Å². The lowest BCUT2D eigenvalue weighted by molar-refractivity contribution is -0.322. The zero-order valence-corrected chi connectivity index (χ0v) is 8.72. The van der Waals surface area contributed by atoms with Gasteiger partial charge in [0.05, 0.1) is 6.42 Å². The number of carbonyl (C=O) groups excluding carboxylic acids is 2. The van der Waals surface area contributed by atoms with Crippen molar-refractivity contribution >= 4 is 11.9 Å². The van der Waals surface area contributed by atoms with E-state index in [1.807, 2.05) is 0 Å². The summed E-state index contributed by atoms with van der Waals surface area (Å²) in [5.41, 5.74) is 0. The van der Waals surface area contributed by atoms with Gasteiger partial charge in [0.15, 0.2) is 0 Å². The molecule has 1 rings (SSSR count). The number of cyclic esters (lactones) is 2. The average molecular weight is 230 g/mol. The molecular weight excluding hydrogens is 216 g/mol. The maximum Gasteiger partial charge on any atom is 0.373 e. The number of aliphatic hydroxyl groups is 2. The quantitative estimate of drug-likeness (QED) is 0.503. The molecular formula is C10H14O6. The number of ether oxygens (including phenoxy) is 2. The average Bonchev–Trinajstić information content (AvgIpc) is 2.33. The van der Waals surface area contributed by atoms with E-state index in [-0.39, 0.29) is 13.0 Å². The van der Waals surface area contributed by atoms with Crippen LogP contribution in [0.5, 0.6) is 0 Å². The molecule has 0 aromatic carbocycles. The minimum atomic E-state index is -2.19. The molecule has 90 valence electrons. The Bertz CT molecular complexity index is 276. The van der Waals surface area contributed by atoms with Crippen LogP contribution in [0.15, 0.2) is 12.2 Å². The smallest absolute Gasteiger partial charge is 0.373 e. The second kappa shape index (κ2) is 5.62. The lowest BCUT2D eigenvalue weighted by Gasteiger charge is -2.24. The van der Waals surface area contributed by atoms with E-state index in [2.05, 4.69) is 9.47 Å². The Balaban J connectivity index is 2.48. The first-order valence-corrected chi connectivity index (χ1v) is 5.03. The fourth-order valence-corrected chi connectivity index (χ4v) is 1.28. The number of carbonyl (C=O) groups is 2. The number of hydrogen-bond donors (Lipinski definition) is 2. The molecule has 1 aliphatic heterocycles. The molecule has 0 saturated heterocycles. The van der Waals surface area contributed by atoms with Crippen molar-refractivity contribution in [3.63, 3.8) is 0 Å². The van der Waals surface area contributed by atoms with Crippen LogP contribution in [-0.2, 0) is 19.1 Å². The molecule has 0 aromatic rings. The van der Waals surface area contributed by atoms with Crippen molar-refractivity contribution in [2.45, 2.75) is 31.7 Å². The van der Waals surface area contributed by atoms with Crippen LogP contribution in [0.3, 0.4) is 0 Å². The first-order valence-electron chi connectivity index (χ1n) is 5.03. The van der Waals surface area contributed by atoms with Crippen molar-refractivity contribution in [2.75, 3.05) is 6.61 Å². The van der Waals surface area contributed by atoms with Gasteiger partial charge < -0.3 is 19.7 Å². The van der Waals surface area contributed by atoms with E-state index in [0.29, 0.717) is 19.3 Å². The number of aliphatic hydroxyl groups excluding tert-OH is 1. The van der Waals surface area contributed by atoms with Gasteiger partial charge in [-0.3, -0.25) is 0 Å². The Morgan fingerprint density at radius 3 is 2.12 bits per heavy atom. The normalized spacial score (nSPS) is 18.9. The van der Waals surface area contributed by atoms with E-state index in [1.54, 1.807) is 0 Å². The van der Waals surface area contributed by atoms with Gasteiger partial charge in [0.25, 0.3) is 0 Å². The highest BCUT2D eigenvalue weighted by molar-refractivity contribution is 5.93. The Hall–Kier alpha value is -1.40. The molecule has 0 saturated carbocycles. The first kappa shape index (κ1) is 12.7. The predicted molar refractivity (Wildman–Crippen MR) is 51.8 cm³/mol. The summed E-state index contributed by atoms with van der Waals surface area (Å²) in [6.07, 6.45) is 3.48. The van der Waals surface area contributed by atoms with Crippen molar-refractivity contribution in [3.8, 4) is 0 Å². The SMILES string of the molecule is O=C1C=CC(=O)OC(O)(CCCCCO)O1. The van der Waals surface area contributed by atoms with Crippen LogP contribution < -0.4 is 0 Å². The molecule has 6 heteroatoms. The maximum atomic E-state index is 11.0. The number of unbranched alkanes of at least 4 members (excludes halogenated alkanes) is 2. The van der Waals surface area contributed by atoms with Crippen LogP contribution in [0, 0.1) is 0 Å². The standard InChI is InChI=1S/C10H14O6/c11-7-3-1-2-6-10(14)15-8(12)4-5-9(13)16-10/h4-5,11,14H,1-3,6-7H2. The Kier molecular flexibility index (Phi) is 4.45. The van der Waals surface area contributed by atoms with Gasteiger partial charge in [-0.15, -0.1) is 0 Å². The summed E-state index contributed by atoms with van der Waals surface area (Å²) in [6, 6.07) is 0. The summed E-state index contributed by atoms with van der Waals surface area (Å²) in [6.45, 7) is 0.0551. The molecule has 2 N–H and O–H groups in total. The molecule has 0 fully saturated rings. The molecule has 0 unspecified atom stereocenters. The van der Waals surface area contributed by atoms with Gasteiger partial charge >= 0.3 is 17.9 Å². The second-order valence-corrected chi connectivity index (χ2v) is 3.42. The highest BCUT2D eigenvalue weighted by Gasteiger charge is 2.36. The van der Waals surface area contributed by atoms with Crippen molar-refractivity contribution in [2.24, 2.45) is 0 Å². The van der Waals surface area contributed by atoms with E-state index >= 15 is 0 Å². The van der Waals surface area contributed by atoms with Crippen molar-refractivity contribution < 1.29 is 29.3 Å². The molecule has 1 aliphatic rings. The first-order chi connectivity index (χ1) is 7.56. The van der Waals surface area contributed by atoms with Gasteiger partial charge in [-0.1, -0.05) is 6.42 Å². The van der Waals surface area contributed by atoms with E-state index < -0.39 is 17.9 Å². The summed E-state index contributed by atoms with van der Waals surface area (Å²) < 4.78 is 9.15. The third-order valence-electron chi connectivity index (χ3n) is 2.03. The summed E-state index contributed by atoms with van der Waals surface area (Å²) in [4.78, 5) is 22.0. The second-order valence-electron chi connectivity index (χ2n) is 3.42. The Morgan fingerprint density at radius 1 is 1.06 bits per heavy atom. The highest BCUT2D eigenvalue weighted by atomic mass is 16.8. The molecule has 0 spiro atoms. The topological polar surface area (TPSA) is 93.1 Å². The molecule has 0 atom stereocenters. The predicted octanol–water partition coefficient (Wildman–Crippen LogP) is -0.159. The fraction of sp³-hybridized carbons (Fsp3) is 0.600. The molecule has 0 aromatic heterocycles. The van der Waals surface area contributed by atoms with Crippen molar-refractivity contribution in [1.82, 2.24) is 0 Å². The molecule has 1 heterocycles. The lowest BCUT2D eigenvalue weighted by Crippen LogP contribution is -2.37. The summed E-state index contributed by atoms with van der Waals surface area (Å²) in [5.74, 6) is -3.83. The van der Waals surface area contributed by atoms with Crippen molar-refractivity contribution in [1.29, 1.82) is 0 Å². The van der Waals surface area contributed by atoms with Gasteiger partial charge in [-0.2, -0.15) is 0 Å². The third kappa shape index (κ3) is 4.00. The molecule has 6 nitrogen and oxygen atoms in total. The van der Waals surface area contributed by atoms with Crippen LogP contribution >= 0.6 is 0 Å². The fourth-order valence-electron chi connectivity index (χ4n) is 1.28. The van der Waals surface area contributed by atoms with Crippen LogP contribution in [-0.4, -0.2) is 34.7 Å². The number of esters is 2. The zero-order chi connectivity index (χ0) is 12.0. The molecule has 0 radical (unpaired) electrons. The van der Waals surface area contributed by atoms with Crippen LogP contribution in [0.25, 0.3) is 0 Å². The largest absolute Gasteiger partial charge is 0.396 e. The van der Waals surface area contributed by atoms with Gasteiger partial charge in [0, 0.05) is 18.8 Å². The summed E-state index contributed by atoms with van der Waals surface area (Å²) in [7, 11) is 0. The van der Waals surface area contributed by atoms with Gasteiger partial charge in [0.2, 0.25) is 0 Å². The third-order valence-corrected chi connectivity index (χ3v) is 2.03. The van der Waals surface area contributed by atoms with Crippen LogP contribution in [0.2, 0.25) is 0 Å². The summed E-state index contributed by atoms with van der Waals surface area (Å²) in [5, 5.41) is 18.3. The van der Waals surface area contributed by atoms with E-state index in [4.69, 9.17) is 5.11 Å². The Labute approximate surface area is 92.5 Å². The monoisotopic (exact) mass is 230 g/mol. The van der Waals surface area contributed by atoms with E-state index in [1.165, 1.54) is 0 Å². The molecule has 0 aliphatic carbocycles. The minimum absolute atomic E-state index is 0.00778. The van der Waals surface area contributed by atoms with Crippen molar-refractivity contribution in [3.05, 3.63) is 12.2 Å². The summed E-state index contributed by atoms with van der Waals surface area (Å²) >= 11 is 0.